The first-order valence-corrected chi connectivity index (χ1v) is 12.7. The lowest BCUT2D eigenvalue weighted by Crippen LogP contribution is -2.25. The van der Waals surface area contributed by atoms with Crippen molar-refractivity contribution in [1.29, 1.82) is 0 Å². The van der Waals surface area contributed by atoms with Gasteiger partial charge in [-0.3, -0.25) is 0 Å². The Morgan fingerprint density at radius 1 is 0.773 bits per heavy atom. The van der Waals surface area contributed by atoms with Gasteiger partial charge in [-0.2, -0.15) is 22.0 Å². The van der Waals surface area contributed by atoms with Crippen molar-refractivity contribution in [3.63, 3.8) is 0 Å². The molecule has 13 heteroatoms. The monoisotopic (exact) mass is 628 g/mol. The van der Waals surface area contributed by atoms with Crippen molar-refractivity contribution in [2.45, 2.75) is 25.5 Å². The van der Waals surface area contributed by atoms with Crippen LogP contribution in [-0.4, -0.2) is 19.4 Å². The number of alkyl halides is 5. The van der Waals surface area contributed by atoms with E-state index in [0.29, 0.717) is 43.0 Å². The molecule has 0 unspecified atom stereocenters. The lowest BCUT2D eigenvalue weighted by molar-refractivity contribution is -0.202. The molecule has 5 rings (SSSR count). The maximum atomic E-state index is 15.0. The molecule has 0 atom stereocenters. The van der Waals surface area contributed by atoms with E-state index in [1.54, 1.807) is 0 Å². The second kappa shape index (κ2) is 11.7. The van der Waals surface area contributed by atoms with Crippen LogP contribution < -0.4 is 4.74 Å². The summed E-state index contributed by atoms with van der Waals surface area (Å²) in [6, 6.07) is 7.35. The summed E-state index contributed by atoms with van der Waals surface area (Å²) < 4.78 is 156. The van der Waals surface area contributed by atoms with Crippen LogP contribution >= 0.6 is 0 Å². The SMILES string of the molecule is CC1COC(c2ccc(-c3cc(F)c(C(F)(F)Oc4ccc5c(F)c(C#CC(F)(F)F)c(F)cc5c4)c(F)c3)c(F)c2)OC1. The van der Waals surface area contributed by atoms with Crippen LogP contribution in [0.3, 0.4) is 0 Å². The van der Waals surface area contributed by atoms with Gasteiger partial charge in [0.1, 0.15) is 40.4 Å². The molecule has 0 amide bonds. The number of ether oxygens (including phenoxy) is 3. The van der Waals surface area contributed by atoms with E-state index >= 15 is 8.78 Å². The lowest BCUT2D eigenvalue weighted by Gasteiger charge is -2.27. The van der Waals surface area contributed by atoms with E-state index in [2.05, 4.69) is 4.74 Å². The van der Waals surface area contributed by atoms with E-state index in [9.17, 15) is 35.1 Å². The van der Waals surface area contributed by atoms with E-state index in [0.717, 1.165) is 24.1 Å². The van der Waals surface area contributed by atoms with Crippen LogP contribution in [0.5, 0.6) is 5.75 Å². The first kappa shape index (κ1) is 31.2. The molecule has 0 bridgehead atoms. The minimum atomic E-state index is -5.03. The molecule has 0 aromatic heterocycles. The molecule has 1 aliphatic rings. The molecule has 230 valence electrons. The topological polar surface area (TPSA) is 27.7 Å². The average Bonchev–Trinajstić information content (AvgIpc) is 2.91. The maximum absolute atomic E-state index is 15.0. The van der Waals surface area contributed by atoms with Gasteiger partial charge in [0.05, 0.1) is 18.8 Å². The highest BCUT2D eigenvalue weighted by atomic mass is 19.4. The van der Waals surface area contributed by atoms with Crippen molar-refractivity contribution < 1.29 is 58.1 Å². The molecular weight excluding hydrogens is 610 g/mol. The summed E-state index contributed by atoms with van der Waals surface area (Å²) in [6.07, 6.45) is -10.6. The van der Waals surface area contributed by atoms with E-state index < -0.39 is 80.9 Å². The summed E-state index contributed by atoms with van der Waals surface area (Å²) in [6.45, 7) is 2.64. The third-order valence-corrected chi connectivity index (χ3v) is 6.55. The Kier molecular flexibility index (Phi) is 8.26. The first-order valence-electron chi connectivity index (χ1n) is 12.7. The van der Waals surface area contributed by atoms with Crippen LogP contribution in [0, 0.1) is 46.8 Å². The zero-order valence-electron chi connectivity index (χ0n) is 22.3. The number of hydrogen-bond donors (Lipinski definition) is 0. The Morgan fingerprint density at radius 2 is 1.43 bits per heavy atom. The highest BCUT2D eigenvalue weighted by Gasteiger charge is 2.41. The number of rotatable bonds is 5. The molecule has 4 aromatic carbocycles. The third kappa shape index (κ3) is 6.46. The Hall–Kier alpha value is -4.28. The highest BCUT2D eigenvalue weighted by molar-refractivity contribution is 5.86. The van der Waals surface area contributed by atoms with Gasteiger partial charge in [-0.1, -0.05) is 25.0 Å². The van der Waals surface area contributed by atoms with Crippen molar-refractivity contribution >= 4 is 10.8 Å². The number of benzene rings is 4. The zero-order valence-corrected chi connectivity index (χ0v) is 22.3. The number of fused-ring (bicyclic) bond motifs is 1. The predicted octanol–water partition coefficient (Wildman–Crippen LogP) is 8.93. The number of hydrogen-bond acceptors (Lipinski definition) is 3. The van der Waals surface area contributed by atoms with E-state index in [4.69, 9.17) is 9.47 Å². The lowest BCUT2D eigenvalue weighted by atomic mass is 10.00. The van der Waals surface area contributed by atoms with Gasteiger partial charge in [0.25, 0.3) is 0 Å². The van der Waals surface area contributed by atoms with Crippen molar-refractivity contribution in [2.75, 3.05) is 13.2 Å². The fraction of sp³-hybridized carbons (Fsp3) is 0.226. The van der Waals surface area contributed by atoms with Crippen LogP contribution in [0.2, 0.25) is 0 Å². The van der Waals surface area contributed by atoms with Crippen LogP contribution in [-0.2, 0) is 15.6 Å². The summed E-state index contributed by atoms with van der Waals surface area (Å²) >= 11 is 0. The molecule has 3 nitrogen and oxygen atoms in total. The molecule has 0 spiro atoms. The second-order valence-corrected chi connectivity index (χ2v) is 9.95. The van der Waals surface area contributed by atoms with Gasteiger partial charge in [0, 0.05) is 28.4 Å². The minimum absolute atomic E-state index is 0.136. The van der Waals surface area contributed by atoms with Gasteiger partial charge in [-0.25, -0.2) is 22.0 Å². The Morgan fingerprint density at radius 3 is 2.05 bits per heavy atom. The molecule has 1 heterocycles. The third-order valence-electron chi connectivity index (χ3n) is 6.55. The molecule has 0 aliphatic carbocycles. The zero-order chi connectivity index (χ0) is 32.0. The van der Waals surface area contributed by atoms with E-state index in [1.165, 1.54) is 18.1 Å². The molecule has 1 saturated heterocycles. The van der Waals surface area contributed by atoms with Crippen molar-refractivity contribution in [3.05, 3.63) is 100 Å². The summed E-state index contributed by atoms with van der Waals surface area (Å²) in [5.41, 5.74) is -3.43. The van der Waals surface area contributed by atoms with Crippen molar-refractivity contribution in [2.24, 2.45) is 5.92 Å². The van der Waals surface area contributed by atoms with Gasteiger partial charge >= 0.3 is 12.3 Å². The van der Waals surface area contributed by atoms with Crippen LogP contribution in [0.15, 0.2) is 54.6 Å². The summed E-state index contributed by atoms with van der Waals surface area (Å²) in [5, 5.41) is -0.904. The highest BCUT2D eigenvalue weighted by Crippen LogP contribution is 2.39. The van der Waals surface area contributed by atoms with E-state index in [1.807, 2.05) is 6.92 Å². The summed E-state index contributed by atoms with van der Waals surface area (Å²) in [4.78, 5) is 0. The van der Waals surface area contributed by atoms with Crippen molar-refractivity contribution in [1.82, 2.24) is 0 Å². The van der Waals surface area contributed by atoms with E-state index in [-0.39, 0.29) is 11.5 Å². The normalized spacial score (nSPS) is 17.3. The van der Waals surface area contributed by atoms with Gasteiger partial charge in [0.15, 0.2) is 6.29 Å². The Labute approximate surface area is 243 Å². The first-order chi connectivity index (χ1) is 20.6. The molecule has 1 fully saturated rings. The van der Waals surface area contributed by atoms with Gasteiger partial charge < -0.3 is 14.2 Å². The molecule has 0 N–H and O–H groups in total. The van der Waals surface area contributed by atoms with Crippen LogP contribution in [0.4, 0.5) is 43.9 Å². The molecule has 4 aromatic rings. The fourth-order valence-corrected chi connectivity index (χ4v) is 4.53. The quantitative estimate of drug-likeness (QED) is 0.163. The average molecular weight is 628 g/mol. The smallest absolute Gasteiger partial charge is 0.429 e. The van der Waals surface area contributed by atoms with Gasteiger partial charge in [0.2, 0.25) is 0 Å². The van der Waals surface area contributed by atoms with Crippen LogP contribution in [0.25, 0.3) is 21.9 Å². The van der Waals surface area contributed by atoms with Gasteiger partial charge in [-0.15, -0.1) is 0 Å². The Bertz CT molecular complexity index is 1780. The molecular formula is C31H18F10O3. The predicted molar refractivity (Wildman–Crippen MR) is 137 cm³/mol. The Balaban J connectivity index is 1.41. The maximum Gasteiger partial charge on any atom is 0.458 e. The molecule has 44 heavy (non-hydrogen) atoms. The van der Waals surface area contributed by atoms with Crippen LogP contribution in [0.1, 0.15) is 29.9 Å². The summed E-state index contributed by atoms with van der Waals surface area (Å²) in [7, 11) is 0. The molecule has 1 aliphatic heterocycles. The standard InChI is InChI=1S/C31H18F10O3/c1-15-13-42-29(43-14-15)16-2-4-20(23(32)9-16)18-11-25(34)27(26(35)12-18)31(40,41)44-19-3-5-21-17(8-19)10-24(33)22(28(21)36)6-7-30(37,38)39/h2-5,8-12,15,29H,13-14H2,1H3. The second-order valence-electron chi connectivity index (χ2n) is 9.95. The number of halogens is 10. The van der Waals surface area contributed by atoms with Gasteiger partial charge in [-0.05, 0) is 53.4 Å². The minimum Gasteiger partial charge on any atom is -0.429 e. The van der Waals surface area contributed by atoms with Crippen molar-refractivity contribution in [3.8, 4) is 28.7 Å². The fourth-order valence-electron chi connectivity index (χ4n) is 4.53. The molecule has 0 radical (unpaired) electrons. The summed E-state index contributed by atoms with van der Waals surface area (Å²) in [5.74, 6) is -6.08. The molecule has 0 saturated carbocycles. The largest absolute Gasteiger partial charge is 0.458 e.